The molecule has 1 heterocycles. The molecule has 0 radical (unpaired) electrons. The van der Waals surface area contributed by atoms with Gasteiger partial charge in [-0.2, -0.15) is 5.10 Å². The molecule has 2 rings (SSSR count). The van der Waals surface area contributed by atoms with Gasteiger partial charge in [-0.15, -0.1) is 0 Å². The highest BCUT2D eigenvalue weighted by Crippen LogP contribution is 2.29. The highest BCUT2D eigenvalue weighted by molar-refractivity contribution is 6.29. The Hall–Kier alpha value is -0.500. The van der Waals surface area contributed by atoms with E-state index in [2.05, 4.69) is 18.5 Å². The SMILES string of the molecule is CC(C)Cc1cc(Cl)n(C2CCCCCC2)n1. The zero-order valence-electron chi connectivity index (χ0n) is 11.0. The lowest BCUT2D eigenvalue weighted by molar-refractivity contribution is 0.402. The normalized spacial score (nSPS) is 18.6. The number of nitrogens with zero attached hydrogens (tertiary/aromatic N) is 2. The molecule has 96 valence electrons. The molecule has 1 aliphatic rings. The fourth-order valence-corrected chi connectivity index (χ4v) is 3.00. The van der Waals surface area contributed by atoms with Gasteiger partial charge in [-0.25, -0.2) is 0 Å². The maximum atomic E-state index is 6.32. The van der Waals surface area contributed by atoms with Crippen molar-refractivity contribution in [3.05, 3.63) is 16.9 Å². The van der Waals surface area contributed by atoms with Gasteiger partial charge in [0.2, 0.25) is 0 Å². The molecular weight excluding hydrogens is 232 g/mol. The van der Waals surface area contributed by atoms with Crippen molar-refractivity contribution in [3.8, 4) is 0 Å². The summed E-state index contributed by atoms with van der Waals surface area (Å²) in [5.41, 5.74) is 1.15. The van der Waals surface area contributed by atoms with E-state index in [1.165, 1.54) is 38.5 Å². The second-order valence-corrected chi connectivity index (χ2v) is 6.03. The predicted octanol–water partition coefficient (Wildman–Crippen LogP) is 4.63. The number of halogens is 1. The van der Waals surface area contributed by atoms with Crippen LogP contribution in [0.15, 0.2) is 6.07 Å². The van der Waals surface area contributed by atoms with Crippen molar-refractivity contribution in [1.29, 1.82) is 0 Å². The molecule has 1 fully saturated rings. The molecule has 0 aromatic carbocycles. The minimum atomic E-state index is 0.533. The molecule has 0 saturated heterocycles. The van der Waals surface area contributed by atoms with Gasteiger partial charge >= 0.3 is 0 Å². The summed E-state index contributed by atoms with van der Waals surface area (Å²) in [6.07, 6.45) is 8.88. The van der Waals surface area contributed by atoms with Crippen molar-refractivity contribution in [2.24, 2.45) is 5.92 Å². The van der Waals surface area contributed by atoms with Crippen LogP contribution in [0.25, 0.3) is 0 Å². The van der Waals surface area contributed by atoms with Crippen LogP contribution < -0.4 is 0 Å². The Balaban J connectivity index is 2.10. The summed E-state index contributed by atoms with van der Waals surface area (Å²) < 4.78 is 2.07. The molecule has 1 aliphatic carbocycles. The van der Waals surface area contributed by atoms with E-state index in [-0.39, 0.29) is 0 Å². The van der Waals surface area contributed by atoms with E-state index in [4.69, 9.17) is 16.7 Å². The van der Waals surface area contributed by atoms with E-state index >= 15 is 0 Å². The van der Waals surface area contributed by atoms with E-state index in [1.807, 2.05) is 6.07 Å². The lowest BCUT2D eigenvalue weighted by atomic mass is 10.1. The molecule has 2 nitrogen and oxygen atoms in total. The molecule has 0 bridgehead atoms. The monoisotopic (exact) mass is 254 g/mol. The average molecular weight is 255 g/mol. The lowest BCUT2D eigenvalue weighted by Gasteiger charge is -2.15. The molecule has 17 heavy (non-hydrogen) atoms. The van der Waals surface area contributed by atoms with Gasteiger partial charge in [0.1, 0.15) is 5.15 Å². The topological polar surface area (TPSA) is 17.8 Å². The highest BCUT2D eigenvalue weighted by Gasteiger charge is 2.18. The molecule has 1 aromatic rings. The summed E-state index contributed by atoms with van der Waals surface area (Å²) in [4.78, 5) is 0. The van der Waals surface area contributed by atoms with Crippen molar-refractivity contribution in [3.63, 3.8) is 0 Å². The van der Waals surface area contributed by atoms with Crippen LogP contribution in [-0.2, 0) is 6.42 Å². The van der Waals surface area contributed by atoms with E-state index in [9.17, 15) is 0 Å². The van der Waals surface area contributed by atoms with Gasteiger partial charge in [0, 0.05) is 0 Å². The Morgan fingerprint density at radius 1 is 1.29 bits per heavy atom. The molecule has 0 unspecified atom stereocenters. The van der Waals surface area contributed by atoms with Crippen LogP contribution in [0.1, 0.15) is 64.1 Å². The Bertz CT molecular complexity index is 349. The van der Waals surface area contributed by atoms with E-state index in [0.29, 0.717) is 12.0 Å². The quantitative estimate of drug-likeness (QED) is 0.719. The minimum absolute atomic E-state index is 0.533. The summed E-state index contributed by atoms with van der Waals surface area (Å²) in [5, 5.41) is 5.53. The largest absolute Gasteiger partial charge is 0.251 e. The fourth-order valence-electron chi connectivity index (χ4n) is 2.70. The second kappa shape index (κ2) is 5.90. The Morgan fingerprint density at radius 3 is 2.53 bits per heavy atom. The van der Waals surface area contributed by atoms with E-state index in [0.717, 1.165) is 17.3 Å². The van der Waals surface area contributed by atoms with Gasteiger partial charge in [0.05, 0.1) is 11.7 Å². The molecule has 1 aromatic heterocycles. The molecule has 1 saturated carbocycles. The van der Waals surface area contributed by atoms with Crippen molar-refractivity contribution in [1.82, 2.24) is 9.78 Å². The molecule has 0 aliphatic heterocycles. The van der Waals surface area contributed by atoms with Crippen LogP contribution >= 0.6 is 11.6 Å². The summed E-state index contributed by atoms with van der Waals surface area (Å²) in [6, 6.07) is 2.58. The third-order valence-electron chi connectivity index (χ3n) is 3.53. The first-order chi connectivity index (χ1) is 8.16. The standard InChI is InChI=1S/C14H23ClN2/c1-11(2)9-12-10-14(15)17(16-12)13-7-5-3-4-6-8-13/h10-11,13H,3-9H2,1-2H3. The zero-order valence-corrected chi connectivity index (χ0v) is 11.7. The number of hydrogen-bond donors (Lipinski definition) is 0. The van der Waals surface area contributed by atoms with Crippen molar-refractivity contribution in [2.45, 2.75) is 64.8 Å². The maximum absolute atomic E-state index is 6.32. The van der Waals surface area contributed by atoms with Crippen LogP contribution in [0, 0.1) is 5.92 Å². The van der Waals surface area contributed by atoms with E-state index in [1.54, 1.807) is 0 Å². The number of aromatic nitrogens is 2. The molecular formula is C14H23ClN2. The van der Waals surface area contributed by atoms with Gasteiger partial charge in [-0.05, 0) is 31.2 Å². The third kappa shape index (κ3) is 3.48. The lowest BCUT2D eigenvalue weighted by Crippen LogP contribution is -2.10. The van der Waals surface area contributed by atoms with Crippen molar-refractivity contribution < 1.29 is 0 Å². The average Bonchev–Trinajstić information content (AvgIpc) is 2.52. The fraction of sp³-hybridized carbons (Fsp3) is 0.786. The molecule has 0 N–H and O–H groups in total. The number of rotatable bonds is 3. The predicted molar refractivity (Wildman–Crippen MR) is 72.5 cm³/mol. The van der Waals surface area contributed by atoms with Gasteiger partial charge in [0.25, 0.3) is 0 Å². The molecule has 0 atom stereocenters. The van der Waals surface area contributed by atoms with Crippen molar-refractivity contribution >= 4 is 11.6 Å². The first-order valence-electron chi connectivity index (χ1n) is 6.90. The van der Waals surface area contributed by atoms with Crippen LogP contribution in [0.3, 0.4) is 0 Å². The minimum Gasteiger partial charge on any atom is -0.251 e. The van der Waals surface area contributed by atoms with Crippen LogP contribution in [-0.4, -0.2) is 9.78 Å². The molecule has 0 amide bonds. The summed E-state index contributed by atoms with van der Waals surface area (Å²) in [6.45, 7) is 4.44. The second-order valence-electron chi connectivity index (χ2n) is 5.65. The van der Waals surface area contributed by atoms with Crippen LogP contribution in [0.2, 0.25) is 5.15 Å². The summed E-state index contributed by atoms with van der Waals surface area (Å²) in [5.74, 6) is 0.642. The van der Waals surface area contributed by atoms with Gasteiger partial charge in [-0.3, -0.25) is 4.68 Å². The Labute approximate surface area is 109 Å². The number of hydrogen-bond acceptors (Lipinski definition) is 1. The van der Waals surface area contributed by atoms with E-state index < -0.39 is 0 Å². The van der Waals surface area contributed by atoms with Gasteiger partial charge in [0.15, 0.2) is 0 Å². The zero-order chi connectivity index (χ0) is 12.3. The van der Waals surface area contributed by atoms with Crippen LogP contribution in [0.5, 0.6) is 0 Å². The van der Waals surface area contributed by atoms with Gasteiger partial charge in [-0.1, -0.05) is 51.1 Å². The Morgan fingerprint density at radius 2 is 1.94 bits per heavy atom. The first kappa shape index (κ1) is 12.9. The maximum Gasteiger partial charge on any atom is 0.127 e. The molecule has 3 heteroatoms. The molecule has 0 spiro atoms. The van der Waals surface area contributed by atoms with Crippen LogP contribution in [0.4, 0.5) is 0 Å². The summed E-state index contributed by atoms with van der Waals surface area (Å²) >= 11 is 6.32. The van der Waals surface area contributed by atoms with Crippen molar-refractivity contribution in [2.75, 3.05) is 0 Å². The Kier molecular flexibility index (Phi) is 4.49. The van der Waals surface area contributed by atoms with Gasteiger partial charge < -0.3 is 0 Å². The first-order valence-corrected chi connectivity index (χ1v) is 7.28. The summed E-state index contributed by atoms with van der Waals surface area (Å²) in [7, 11) is 0. The smallest absolute Gasteiger partial charge is 0.127 e. The third-order valence-corrected chi connectivity index (χ3v) is 3.81. The highest BCUT2D eigenvalue weighted by atomic mass is 35.5.